The molecule has 11 nitrogen and oxygen atoms in total. The summed E-state index contributed by atoms with van der Waals surface area (Å²) in [4.78, 5) is 30.1. The molecule has 1 atom stereocenters. The summed E-state index contributed by atoms with van der Waals surface area (Å²) in [6, 6.07) is -0.781. The number of rotatable bonds is 8. The van der Waals surface area contributed by atoms with E-state index in [4.69, 9.17) is 10.5 Å². The second kappa shape index (κ2) is 9.68. The smallest absolute Gasteiger partial charge is 0.408 e. The van der Waals surface area contributed by atoms with Crippen LogP contribution in [0.25, 0.3) is 0 Å². The Hall–Kier alpha value is -2.72. The molecule has 0 saturated carbocycles. The molecule has 0 fully saturated rings. The number of nitrogens with one attached hydrogen (secondary N) is 2. The molecule has 0 aromatic carbocycles. The number of aromatic amines is 1. The van der Waals surface area contributed by atoms with E-state index in [-0.39, 0.29) is 11.9 Å². The third-order valence-corrected chi connectivity index (χ3v) is 3.22. The van der Waals surface area contributed by atoms with Crippen LogP contribution in [0.1, 0.15) is 47.0 Å². The highest BCUT2D eigenvalue weighted by molar-refractivity contribution is 5.96. The van der Waals surface area contributed by atoms with Crippen molar-refractivity contribution < 1.29 is 14.3 Å². The number of aromatic nitrogens is 4. The maximum Gasteiger partial charge on any atom is 0.408 e. The zero-order valence-electron chi connectivity index (χ0n) is 15.9. The minimum absolute atomic E-state index is 0.120. The summed E-state index contributed by atoms with van der Waals surface area (Å²) in [5.41, 5.74) is 4.83. The Morgan fingerprint density at radius 1 is 1.38 bits per heavy atom. The quantitative estimate of drug-likeness (QED) is 0.345. The maximum absolute atomic E-state index is 12.7. The van der Waals surface area contributed by atoms with Crippen molar-refractivity contribution in [2.24, 2.45) is 10.7 Å². The number of aliphatic imine (C=N–C) groups is 1. The fourth-order valence-electron chi connectivity index (χ4n) is 2.05. The largest absolute Gasteiger partial charge is 0.444 e. The van der Waals surface area contributed by atoms with Gasteiger partial charge in [0, 0.05) is 13.6 Å². The van der Waals surface area contributed by atoms with Crippen LogP contribution in [0, 0.1) is 0 Å². The van der Waals surface area contributed by atoms with E-state index in [0.29, 0.717) is 25.2 Å². The third-order valence-electron chi connectivity index (χ3n) is 3.22. The van der Waals surface area contributed by atoms with Crippen LogP contribution >= 0.6 is 0 Å². The number of unbranched alkanes of at least 4 members (excludes halogenated alkanes) is 1. The number of nitrogens with zero attached hydrogens (tertiary/aromatic N) is 5. The van der Waals surface area contributed by atoms with Crippen molar-refractivity contribution in [1.82, 2.24) is 25.9 Å². The zero-order chi connectivity index (χ0) is 19.7. The molecule has 1 aromatic heterocycles. The molecule has 0 radical (unpaired) electrons. The van der Waals surface area contributed by atoms with E-state index >= 15 is 0 Å². The fraction of sp³-hybridized carbons (Fsp3) is 0.733. The van der Waals surface area contributed by atoms with Gasteiger partial charge in [-0.3, -0.25) is 14.7 Å². The highest BCUT2D eigenvalue weighted by Gasteiger charge is 2.28. The minimum Gasteiger partial charge on any atom is -0.444 e. The Bertz CT molecular complexity index is 605. The number of alkyl carbamates (subject to hydrolysis) is 1. The number of amidine groups is 1. The lowest BCUT2D eigenvalue weighted by molar-refractivity contribution is -0.120. The van der Waals surface area contributed by atoms with Crippen molar-refractivity contribution in [3.63, 3.8) is 0 Å². The van der Waals surface area contributed by atoms with Crippen LogP contribution in [0.4, 0.5) is 10.7 Å². The summed E-state index contributed by atoms with van der Waals surface area (Å²) in [5.74, 6) is 0.270. The Kier molecular flexibility index (Phi) is 7.94. The molecule has 0 aliphatic carbocycles. The number of hydrogen-bond acceptors (Lipinski definition) is 7. The van der Waals surface area contributed by atoms with Crippen LogP contribution in [0.3, 0.4) is 0 Å². The van der Waals surface area contributed by atoms with Crippen LogP contribution < -0.4 is 16.0 Å². The summed E-state index contributed by atoms with van der Waals surface area (Å²) in [5, 5.41) is 15.9. The molecule has 0 saturated heterocycles. The zero-order valence-corrected chi connectivity index (χ0v) is 15.9. The fourth-order valence-corrected chi connectivity index (χ4v) is 2.05. The van der Waals surface area contributed by atoms with Gasteiger partial charge in [0.15, 0.2) is 0 Å². The first kappa shape index (κ1) is 21.3. The number of anilines is 1. The van der Waals surface area contributed by atoms with Crippen molar-refractivity contribution in [1.29, 1.82) is 0 Å². The van der Waals surface area contributed by atoms with Crippen LogP contribution in [0.5, 0.6) is 0 Å². The SMILES string of the molecule is CC(N)=NCCCCC(NC(=O)OC(C)(C)C)C(=O)N(C)c1nn[nH]n1. The lowest BCUT2D eigenvalue weighted by Gasteiger charge is -2.25. The average Bonchev–Trinajstić information content (AvgIpc) is 3.04. The molecule has 0 spiro atoms. The van der Waals surface area contributed by atoms with Crippen LogP contribution in [-0.4, -0.2) is 63.7 Å². The molecule has 26 heavy (non-hydrogen) atoms. The van der Waals surface area contributed by atoms with Crippen LogP contribution in [-0.2, 0) is 9.53 Å². The number of tetrazole rings is 1. The first-order valence-electron chi connectivity index (χ1n) is 8.37. The average molecular weight is 368 g/mol. The van der Waals surface area contributed by atoms with E-state index in [1.807, 2.05) is 0 Å². The summed E-state index contributed by atoms with van der Waals surface area (Å²) in [7, 11) is 1.51. The lowest BCUT2D eigenvalue weighted by atomic mass is 10.1. The van der Waals surface area contributed by atoms with E-state index in [0.717, 1.165) is 6.42 Å². The van der Waals surface area contributed by atoms with Gasteiger partial charge >= 0.3 is 6.09 Å². The first-order valence-corrected chi connectivity index (χ1v) is 8.37. The Morgan fingerprint density at radius 2 is 2.08 bits per heavy atom. The van der Waals surface area contributed by atoms with Gasteiger partial charge in [0.25, 0.3) is 11.9 Å². The Balaban J connectivity index is 2.72. The maximum atomic E-state index is 12.7. The standard InChI is InChI=1S/C15H28N8O3/c1-10(16)17-9-7-6-8-11(18-14(25)26-15(2,3)4)12(24)23(5)13-19-21-22-20-13/h11H,6-9H2,1-5H3,(H2,16,17)(H,18,25)(H,19,20,21,22). The molecule has 2 amide bonds. The van der Waals surface area contributed by atoms with Gasteiger partial charge in [-0.05, 0) is 52.2 Å². The van der Waals surface area contributed by atoms with E-state index in [1.54, 1.807) is 27.7 Å². The van der Waals surface area contributed by atoms with Gasteiger partial charge in [-0.25, -0.2) is 4.79 Å². The van der Waals surface area contributed by atoms with E-state index < -0.39 is 17.7 Å². The molecule has 0 aliphatic heterocycles. The molecule has 1 unspecified atom stereocenters. The van der Waals surface area contributed by atoms with Crippen molar-refractivity contribution in [3.05, 3.63) is 0 Å². The number of hydrogen-bond donors (Lipinski definition) is 3. The highest BCUT2D eigenvalue weighted by Crippen LogP contribution is 2.11. The molecule has 0 bridgehead atoms. The number of likely N-dealkylation sites (N-methyl/N-ethyl adjacent to an activating group) is 1. The number of amides is 2. The summed E-state index contributed by atoms with van der Waals surface area (Å²) in [6.07, 6.45) is 1.16. The van der Waals surface area contributed by atoms with Gasteiger partial charge in [0.2, 0.25) is 0 Å². The molecule has 1 aromatic rings. The predicted octanol–water partition coefficient (Wildman–Crippen LogP) is 0.603. The molecule has 1 rings (SSSR count). The van der Waals surface area contributed by atoms with Crippen molar-refractivity contribution in [3.8, 4) is 0 Å². The Morgan fingerprint density at radius 3 is 2.62 bits per heavy atom. The molecule has 1 heterocycles. The van der Waals surface area contributed by atoms with E-state index in [1.165, 1.54) is 11.9 Å². The third kappa shape index (κ3) is 7.90. The molecule has 11 heteroatoms. The van der Waals surface area contributed by atoms with Gasteiger partial charge in [-0.1, -0.05) is 5.10 Å². The second-order valence-corrected chi connectivity index (χ2v) is 6.83. The van der Waals surface area contributed by atoms with Crippen LogP contribution in [0.15, 0.2) is 4.99 Å². The molecular formula is C15H28N8O3. The van der Waals surface area contributed by atoms with Gasteiger partial charge in [-0.2, -0.15) is 5.21 Å². The number of H-pyrrole nitrogens is 1. The molecule has 0 aliphatic rings. The normalized spacial score (nSPS) is 13.2. The number of ether oxygens (including phenoxy) is 1. The minimum atomic E-state index is -0.781. The number of nitrogens with two attached hydrogens (primary N) is 1. The monoisotopic (exact) mass is 368 g/mol. The van der Waals surface area contributed by atoms with Gasteiger partial charge in [-0.15, -0.1) is 5.10 Å². The van der Waals surface area contributed by atoms with E-state index in [9.17, 15) is 9.59 Å². The summed E-state index contributed by atoms with van der Waals surface area (Å²) < 4.78 is 5.24. The first-order chi connectivity index (χ1) is 12.1. The molecule has 146 valence electrons. The molecule has 4 N–H and O–H groups in total. The highest BCUT2D eigenvalue weighted by atomic mass is 16.6. The van der Waals surface area contributed by atoms with Gasteiger partial charge < -0.3 is 15.8 Å². The van der Waals surface area contributed by atoms with Crippen molar-refractivity contribution >= 4 is 23.8 Å². The lowest BCUT2D eigenvalue weighted by Crippen LogP contribution is -2.49. The van der Waals surface area contributed by atoms with Crippen molar-refractivity contribution in [2.75, 3.05) is 18.5 Å². The number of carbonyl (C=O) groups excluding carboxylic acids is 2. The summed E-state index contributed by atoms with van der Waals surface area (Å²) in [6.45, 7) is 7.54. The second-order valence-electron chi connectivity index (χ2n) is 6.83. The van der Waals surface area contributed by atoms with Crippen molar-refractivity contribution in [2.45, 2.75) is 58.6 Å². The molecular weight excluding hydrogens is 340 g/mol. The van der Waals surface area contributed by atoms with Gasteiger partial charge in [0.1, 0.15) is 11.6 Å². The van der Waals surface area contributed by atoms with Crippen LogP contribution in [0.2, 0.25) is 0 Å². The Labute approximate surface area is 152 Å². The topological polar surface area (TPSA) is 151 Å². The van der Waals surface area contributed by atoms with Gasteiger partial charge in [0.05, 0.1) is 5.84 Å². The summed E-state index contributed by atoms with van der Waals surface area (Å²) >= 11 is 0. The predicted molar refractivity (Wildman–Crippen MR) is 96.8 cm³/mol. The van der Waals surface area contributed by atoms with E-state index in [2.05, 4.69) is 30.9 Å². The number of carbonyl (C=O) groups is 2.